The Morgan fingerprint density at radius 2 is 1.50 bits per heavy atom. The first-order chi connectivity index (χ1) is 13.8. The van der Waals surface area contributed by atoms with Gasteiger partial charge < -0.3 is 14.3 Å². The largest absolute Gasteiger partial charge is 0.497 e. The van der Waals surface area contributed by atoms with E-state index in [9.17, 15) is 0 Å². The SMILES string of the molecule is CCC(=NOCCOc1cccc(OC)c1)c1ccc(-c2ccccc2)cc1. The molecule has 0 heterocycles. The lowest BCUT2D eigenvalue weighted by Gasteiger charge is -2.08. The van der Waals surface area contributed by atoms with Crippen molar-refractivity contribution in [2.45, 2.75) is 13.3 Å². The lowest BCUT2D eigenvalue weighted by Crippen LogP contribution is -2.06. The number of nitrogens with zero attached hydrogens (tertiary/aromatic N) is 1. The van der Waals surface area contributed by atoms with Crippen LogP contribution in [0.5, 0.6) is 11.5 Å². The minimum atomic E-state index is 0.378. The van der Waals surface area contributed by atoms with Crippen molar-refractivity contribution in [3.63, 3.8) is 0 Å². The van der Waals surface area contributed by atoms with Gasteiger partial charge in [0.15, 0.2) is 6.61 Å². The second-order valence-electron chi connectivity index (χ2n) is 6.20. The van der Waals surface area contributed by atoms with E-state index in [1.54, 1.807) is 7.11 Å². The van der Waals surface area contributed by atoms with E-state index in [1.165, 1.54) is 11.1 Å². The topological polar surface area (TPSA) is 40.0 Å². The minimum Gasteiger partial charge on any atom is -0.497 e. The number of hydrogen-bond acceptors (Lipinski definition) is 4. The van der Waals surface area contributed by atoms with Gasteiger partial charge in [-0.15, -0.1) is 0 Å². The van der Waals surface area contributed by atoms with E-state index in [0.29, 0.717) is 13.2 Å². The van der Waals surface area contributed by atoms with E-state index in [1.807, 2.05) is 42.5 Å². The minimum absolute atomic E-state index is 0.378. The molecule has 0 amide bonds. The molecule has 3 rings (SSSR count). The number of methoxy groups -OCH3 is 1. The summed E-state index contributed by atoms with van der Waals surface area (Å²) < 4.78 is 10.8. The normalized spacial score (nSPS) is 11.1. The van der Waals surface area contributed by atoms with Gasteiger partial charge in [-0.1, -0.05) is 72.7 Å². The van der Waals surface area contributed by atoms with Crippen LogP contribution in [-0.4, -0.2) is 26.0 Å². The van der Waals surface area contributed by atoms with Crippen LogP contribution in [0.2, 0.25) is 0 Å². The molecule has 3 aromatic rings. The van der Waals surface area contributed by atoms with Crippen LogP contribution in [0, 0.1) is 0 Å². The highest BCUT2D eigenvalue weighted by Crippen LogP contribution is 2.20. The zero-order valence-corrected chi connectivity index (χ0v) is 16.3. The lowest BCUT2D eigenvalue weighted by atomic mass is 10.0. The van der Waals surface area contributed by atoms with Crippen molar-refractivity contribution in [2.75, 3.05) is 20.3 Å². The second-order valence-corrected chi connectivity index (χ2v) is 6.20. The molecule has 0 bridgehead atoms. The molecule has 0 saturated carbocycles. The van der Waals surface area contributed by atoms with Crippen LogP contribution in [0.25, 0.3) is 11.1 Å². The molecule has 0 aliphatic rings. The van der Waals surface area contributed by atoms with Crippen molar-refractivity contribution < 1.29 is 14.3 Å². The molecule has 144 valence electrons. The van der Waals surface area contributed by atoms with Crippen molar-refractivity contribution in [1.82, 2.24) is 0 Å². The van der Waals surface area contributed by atoms with Crippen LogP contribution in [0.1, 0.15) is 18.9 Å². The molecule has 0 atom stereocenters. The Morgan fingerprint density at radius 1 is 0.786 bits per heavy atom. The van der Waals surface area contributed by atoms with Gasteiger partial charge in [-0.05, 0) is 35.2 Å². The Kier molecular flexibility index (Phi) is 7.08. The first kappa shape index (κ1) is 19.5. The molecule has 0 aliphatic carbocycles. The molecular formula is C24H25NO3. The number of oxime groups is 1. The van der Waals surface area contributed by atoms with Crippen molar-refractivity contribution in [3.8, 4) is 22.6 Å². The molecule has 0 fully saturated rings. The van der Waals surface area contributed by atoms with E-state index in [4.69, 9.17) is 14.3 Å². The van der Waals surface area contributed by atoms with Gasteiger partial charge in [0, 0.05) is 6.07 Å². The number of ether oxygens (including phenoxy) is 2. The summed E-state index contributed by atoms with van der Waals surface area (Å²) in [6, 6.07) is 26.2. The average molecular weight is 375 g/mol. The van der Waals surface area contributed by atoms with Gasteiger partial charge in [-0.3, -0.25) is 0 Å². The molecule has 4 nitrogen and oxygen atoms in total. The summed E-state index contributed by atoms with van der Waals surface area (Å²) in [6.07, 6.45) is 0.793. The summed E-state index contributed by atoms with van der Waals surface area (Å²) in [5.41, 5.74) is 4.37. The van der Waals surface area contributed by atoms with E-state index < -0.39 is 0 Å². The fourth-order valence-corrected chi connectivity index (χ4v) is 2.82. The van der Waals surface area contributed by atoms with Crippen LogP contribution in [-0.2, 0) is 4.84 Å². The summed E-state index contributed by atoms with van der Waals surface area (Å²) in [4.78, 5) is 5.47. The second kappa shape index (κ2) is 10.2. The highest BCUT2D eigenvalue weighted by molar-refractivity contribution is 6.00. The predicted octanol–water partition coefficient (Wildman–Crippen LogP) is 5.57. The lowest BCUT2D eigenvalue weighted by molar-refractivity contribution is 0.107. The maximum absolute atomic E-state index is 5.66. The molecule has 3 aromatic carbocycles. The van der Waals surface area contributed by atoms with Gasteiger partial charge in [-0.2, -0.15) is 0 Å². The fraction of sp³-hybridized carbons (Fsp3) is 0.208. The Morgan fingerprint density at radius 3 is 2.21 bits per heavy atom. The summed E-state index contributed by atoms with van der Waals surface area (Å²) in [6.45, 7) is 2.86. The third kappa shape index (κ3) is 5.36. The monoisotopic (exact) mass is 375 g/mol. The summed E-state index contributed by atoms with van der Waals surface area (Å²) in [5.74, 6) is 1.52. The average Bonchev–Trinajstić information content (AvgIpc) is 2.77. The standard InChI is InChI=1S/C24H25NO3/c1-3-24(21-14-12-20(13-15-21)19-8-5-4-6-9-19)25-28-17-16-27-23-11-7-10-22(18-23)26-2/h4-15,18H,3,16-17H2,1-2H3. The number of benzene rings is 3. The number of rotatable bonds is 9. The molecule has 0 saturated heterocycles. The third-order valence-electron chi connectivity index (χ3n) is 4.32. The van der Waals surface area contributed by atoms with Crippen LogP contribution in [0.3, 0.4) is 0 Å². The van der Waals surface area contributed by atoms with Crippen molar-refractivity contribution in [1.29, 1.82) is 0 Å². The van der Waals surface area contributed by atoms with E-state index in [2.05, 4.69) is 48.5 Å². The third-order valence-corrected chi connectivity index (χ3v) is 4.32. The van der Waals surface area contributed by atoms with Gasteiger partial charge in [0.25, 0.3) is 0 Å². The highest BCUT2D eigenvalue weighted by Gasteiger charge is 2.04. The Hall–Kier alpha value is -3.27. The van der Waals surface area contributed by atoms with Crippen molar-refractivity contribution >= 4 is 5.71 Å². The maximum Gasteiger partial charge on any atom is 0.151 e. The van der Waals surface area contributed by atoms with Crippen LogP contribution < -0.4 is 9.47 Å². The van der Waals surface area contributed by atoms with Crippen LogP contribution >= 0.6 is 0 Å². The summed E-state index contributed by atoms with van der Waals surface area (Å²) in [7, 11) is 1.63. The van der Waals surface area contributed by atoms with Crippen LogP contribution in [0.15, 0.2) is 84.0 Å². The Balaban J connectivity index is 1.53. The molecule has 0 aliphatic heterocycles. The molecule has 0 aromatic heterocycles. The van der Waals surface area contributed by atoms with Gasteiger partial charge in [0.05, 0.1) is 12.8 Å². The fourth-order valence-electron chi connectivity index (χ4n) is 2.82. The van der Waals surface area contributed by atoms with Crippen molar-refractivity contribution in [3.05, 3.63) is 84.4 Å². The maximum atomic E-state index is 5.66. The smallest absolute Gasteiger partial charge is 0.151 e. The van der Waals surface area contributed by atoms with Gasteiger partial charge in [0.2, 0.25) is 0 Å². The first-order valence-corrected chi connectivity index (χ1v) is 9.41. The Labute approximate surface area is 166 Å². The van der Waals surface area contributed by atoms with Crippen molar-refractivity contribution in [2.24, 2.45) is 5.16 Å². The van der Waals surface area contributed by atoms with Gasteiger partial charge >= 0.3 is 0 Å². The zero-order chi connectivity index (χ0) is 19.6. The molecule has 0 spiro atoms. The van der Waals surface area contributed by atoms with Gasteiger partial charge in [0.1, 0.15) is 18.1 Å². The van der Waals surface area contributed by atoms with Crippen LogP contribution in [0.4, 0.5) is 0 Å². The Bertz CT molecular complexity index is 889. The summed E-state index contributed by atoms with van der Waals surface area (Å²) >= 11 is 0. The molecule has 0 N–H and O–H groups in total. The number of hydrogen-bond donors (Lipinski definition) is 0. The molecule has 0 unspecified atom stereocenters. The predicted molar refractivity (Wildman–Crippen MR) is 113 cm³/mol. The molecule has 0 radical (unpaired) electrons. The van der Waals surface area contributed by atoms with E-state index in [-0.39, 0.29) is 0 Å². The summed E-state index contributed by atoms with van der Waals surface area (Å²) in [5, 5.41) is 4.29. The van der Waals surface area contributed by atoms with E-state index in [0.717, 1.165) is 29.2 Å². The van der Waals surface area contributed by atoms with E-state index >= 15 is 0 Å². The molecular weight excluding hydrogens is 350 g/mol. The quantitative estimate of drug-likeness (QED) is 0.279. The molecule has 4 heteroatoms. The first-order valence-electron chi connectivity index (χ1n) is 9.41. The molecule has 28 heavy (non-hydrogen) atoms. The zero-order valence-electron chi connectivity index (χ0n) is 16.3. The van der Waals surface area contributed by atoms with Gasteiger partial charge in [-0.25, -0.2) is 0 Å². The highest BCUT2D eigenvalue weighted by atomic mass is 16.6.